The van der Waals surface area contributed by atoms with E-state index in [9.17, 15) is 0 Å². The van der Waals surface area contributed by atoms with Crippen molar-refractivity contribution in [2.75, 3.05) is 33.4 Å². The summed E-state index contributed by atoms with van der Waals surface area (Å²) in [4.78, 5) is 2.41. The third-order valence-electron chi connectivity index (χ3n) is 3.12. The van der Waals surface area contributed by atoms with Crippen LogP contribution in [0.5, 0.6) is 0 Å². The van der Waals surface area contributed by atoms with Crippen LogP contribution < -0.4 is 0 Å². The van der Waals surface area contributed by atoms with Crippen LogP contribution in [-0.4, -0.2) is 38.3 Å². The zero-order chi connectivity index (χ0) is 11.1. The minimum Gasteiger partial charge on any atom is -0.381 e. The maximum Gasteiger partial charge on any atom is 0.0503 e. The van der Waals surface area contributed by atoms with Gasteiger partial charge in [0.1, 0.15) is 0 Å². The van der Waals surface area contributed by atoms with E-state index in [2.05, 4.69) is 25.5 Å². The Morgan fingerprint density at radius 2 is 2.27 bits per heavy atom. The number of hydrogen-bond acceptors (Lipinski definition) is 2. The molecule has 2 heteroatoms. The van der Waals surface area contributed by atoms with Crippen LogP contribution in [-0.2, 0) is 4.74 Å². The van der Waals surface area contributed by atoms with E-state index in [1.54, 1.807) is 0 Å². The minimum absolute atomic E-state index is 0.703. The van der Waals surface area contributed by atoms with E-state index in [1.807, 2.05) is 0 Å². The lowest BCUT2D eigenvalue weighted by Gasteiger charge is -2.31. The van der Waals surface area contributed by atoms with Crippen LogP contribution in [0.1, 0.15) is 32.6 Å². The Hall–Kier alpha value is -0.340. The minimum atomic E-state index is 0.703. The van der Waals surface area contributed by atoms with E-state index < -0.39 is 0 Å². The van der Waals surface area contributed by atoms with Crippen molar-refractivity contribution in [3.05, 3.63) is 12.2 Å². The second kappa shape index (κ2) is 7.02. The molecule has 88 valence electrons. The molecule has 0 radical (unpaired) electrons. The molecule has 1 saturated heterocycles. The zero-order valence-electron chi connectivity index (χ0n) is 10.3. The Morgan fingerprint density at radius 3 is 2.93 bits per heavy atom. The van der Waals surface area contributed by atoms with Crippen LogP contribution >= 0.6 is 0 Å². The van der Waals surface area contributed by atoms with E-state index in [1.165, 1.54) is 31.5 Å². The van der Waals surface area contributed by atoms with Gasteiger partial charge < -0.3 is 9.64 Å². The normalized spacial score (nSPS) is 22.9. The third kappa shape index (κ3) is 4.80. The van der Waals surface area contributed by atoms with Crippen molar-refractivity contribution in [3.63, 3.8) is 0 Å². The second-order valence-electron chi connectivity index (χ2n) is 4.62. The molecule has 1 rings (SSSR count). The van der Waals surface area contributed by atoms with Gasteiger partial charge in [-0.3, -0.25) is 0 Å². The molecule has 1 heterocycles. The van der Waals surface area contributed by atoms with E-state index in [0.29, 0.717) is 5.92 Å². The fourth-order valence-corrected chi connectivity index (χ4v) is 2.15. The van der Waals surface area contributed by atoms with Crippen molar-refractivity contribution in [2.45, 2.75) is 32.6 Å². The van der Waals surface area contributed by atoms with Crippen molar-refractivity contribution >= 4 is 0 Å². The Kier molecular flexibility index (Phi) is 5.96. The van der Waals surface area contributed by atoms with Gasteiger partial charge in [0.25, 0.3) is 0 Å². The lowest BCUT2D eigenvalue weighted by atomic mass is 9.90. The summed E-state index contributed by atoms with van der Waals surface area (Å²) in [5.41, 5.74) is 1.39. The molecule has 2 nitrogen and oxygen atoms in total. The van der Waals surface area contributed by atoms with Gasteiger partial charge in [0, 0.05) is 13.2 Å². The van der Waals surface area contributed by atoms with E-state index >= 15 is 0 Å². The Balaban J connectivity index is 2.15. The van der Waals surface area contributed by atoms with Gasteiger partial charge in [-0.2, -0.15) is 0 Å². The van der Waals surface area contributed by atoms with Crippen LogP contribution in [0, 0.1) is 5.92 Å². The van der Waals surface area contributed by atoms with Gasteiger partial charge in [-0.25, -0.2) is 0 Å². The highest BCUT2D eigenvalue weighted by molar-refractivity contribution is 5.02. The van der Waals surface area contributed by atoms with Crippen molar-refractivity contribution in [3.8, 4) is 0 Å². The topological polar surface area (TPSA) is 12.5 Å². The molecule has 0 amide bonds. The molecule has 0 bridgehead atoms. The smallest absolute Gasteiger partial charge is 0.0503 e. The maximum atomic E-state index is 5.50. The van der Waals surface area contributed by atoms with Crippen LogP contribution in [0.3, 0.4) is 0 Å². The van der Waals surface area contributed by atoms with E-state index in [-0.39, 0.29) is 0 Å². The molecule has 1 unspecified atom stereocenters. The van der Waals surface area contributed by atoms with Gasteiger partial charge in [0.2, 0.25) is 0 Å². The number of nitrogens with zero attached hydrogens (tertiary/aromatic N) is 1. The summed E-state index contributed by atoms with van der Waals surface area (Å²) in [6.45, 7) is 10.5. The summed E-state index contributed by atoms with van der Waals surface area (Å²) >= 11 is 0. The van der Waals surface area contributed by atoms with Crippen molar-refractivity contribution < 1.29 is 4.74 Å². The quantitative estimate of drug-likeness (QED) is 0.495. The lowest BCUT2D eigenvalue weighted by molar-refractivity contribution is 0.133. The van der Waals surface area contributed by atoms with Crippen molar-refractivity contribution in [2.24, 2.45) is 5.92 Å². The van der Waals surface area contributed by atoms with Crippen LogP contribution in [0.2, 0.25) is 0 Å². The first kappa shape index (κ1) is 12.7. The molecule has 0 spiro atoms. The lowest BCUT2D eigenvalue weighted by Crippen LogP contribution is -2.32. The monoisotopic (exact) mass is 211 g/mol. The first-order chi connectivity index (χ1) is 7.24. The predicted molar refractivity (Wildman–Crippen MR) is 65.1 cm³/mol. The molecule has 0 N–H and O–H groups in total. The summed E-state index contributed by atoms with van der Waals surface area (Å²) in [6, 6.07) is 0. The number of ether oxygens (including phenoxy) is 1. The highest BCUT2D eigenvalue weighted by Crippen LogP contribution is 2.23. The van der Waals surface area contributed by atoms with Gasteiger partial charge in [-0.1, -0.05) is 19.1 Å². The number of rotatable bonds is 6. The highest BCUT2D eigenvalue weighted by Gasteiger charge is 2.19. The molecule has 0 aromatic carbocycles. The summed E-state index contributed by atoms with van der Waals surface area (Å²) in [5.74, 6) is 0.703. The summed E-state index contributed by atoms with van der Waals surface area (Å²) in [5, 5.41) is 0. The number of piperidine rings is 1. The van der Waals surface area contributed by atoms with Gasteiger partial charge in [-0.15, -0.1) is 0 Å². The van der Waals surface area contributed by atoms with E-state index in [0.717, 1.165) is 26.1 Å². The van der Waals surface area contributed by atoms with Crippen LogP contribution in [0.25, 0.3) is 0 Å². The van der Waals surface area contributed by atoms with Gasteiger partial charge in [0.15, 0.2) is 0 Å². The molecule has 1 aliphatic heterocycles. The summed E-state index contributed by atoms with van der Waals surface area (Å²) in [6.07, 6.45) is 4.78. The predicted octanol–water partition coefficient (Wildman–Crippen LogP) is 2.70. The maximum absolute atomic E-state index is 5.50. The number of likely N-dealkylation sites (tertiary alicyclic amines) is 1. The largest absolute Gasteiger partial charge is 0.381 e. The molecule has 1 atom stereocenters. The number of hydrogen-bond donors (Lipinski definition) is 0. The Bertz CT molecular complexity index is 191. The highest BCUT2D eigenvalue weighted by atomic mass is 16.5. The SMILES string of the molecule is C=C(CCOCCC)C1CCCN(C)C1. The first-order valence-electron chi connectivity index (χ1n) is 6.18. The van der Waals surface area contributed by atoms with Gasteiger partial charge in [0.05, 0.1) is 6.61 Å². The first-order valence-corrected chi connectivity index (χ1v) is 6.18. The molecule has 0 aliphatic carbocycles. The molecule has 0 aromatic heterocycles. The molecule has 0 saturated carbocycles. The molecule has 1 fully saturated rings. The van der Waals surface area contributed by atoms with E-state index in [4.69, 9.17) is 4.74 Å². The average molecular weight is 211 g/mol. The van der Waals surface area contributed by atoms with Crippen LogP contribution in [0.15, 0.2) is 12.2 Å². The molecular formula is C13H25NO. The fourth-order valence-electron chi connectivity index (χ4n) is 2.15. The fraction of sp³-hybridized carbons (Fsp3) is 0.846. The van der Waals surface area contributed by atoms with Crippen LogP contribution in [0.4, 0.5) is 0 Å². The molecule has 0 aromatic rings. The van der Waals surface area contributed by atoms with Gasteiger partial charge in [-0.05, 0) is 45.2 Å². The molecular weight excluding hydrogens is 186 g/mol. The zero-order valence-corrected chi connectivity index (χ0v) is 10.3. The standard InChI is InChI=1S/C13H25NO/c1-4-9-15-10-7-12(2)13-6-5-8-14(3)11-13/h13H,2,4-11H2,1,3H3. The third-order valence-corrected chi connectivity index (χ3v) is 3.12. The van der Waals surface area contributed by atoms with Gasteiger partial charge >= 0.3 is 0 Å². The van der Waals surface area contributed by atoms with Crippen molar-refractivity contribution in [1.82, 2.24) is 4.90 Å². The molecule has 15 heavy (non-hydrogen) atoms. The average Bonchev–Trinajstić information content (AvgIpc) is 2.24. The summed E-state index contributed by atoms with van der Waals surface area (Å²) < 4.78 is 5.50. The molecule has 1 aliphatic rings. The second-order valence-corrected chi connectivity index (χ2v) is 4.62. The Labute approximate surface area is 94.3 Å². The summed E-state index contributed by atoms with van der Waals surface area (Å²) in [7, 11) is 2.20. The van der Waals surface area contributed by atoms with Crippen molar-refractivity contribution in [1.29, 1.82) is 0 Å². The Morgan fingerprint density at radius 1 is 1.47 bits per heavy atom.